The molecule has 0 saturated heterocycles. The minimum atomic E-state index is -0.230. The number of para-hydroxylation sites is 1. The van der Waals surface area contributed by atoms with Gasteiger partial charge < -0.3 is 15.0 Å². The van der Waals surface area contributed by atoms with Gasteiger partial charge in [-0.25, -0.2) is 0 Å². The van der Waals surface area contributed by atoms with Gasteiger partial charge in [0.15, 0.2) is 0 Å². The summed E-state index contributed by atoms with van der Waals surface area (Å²) in [5.41, 5.74) is 1.12. The summed E-state index contributed by atoms with van der Waals surface area (Å²) in [6, 6.07) is 21.1. The van der Waals surface area contributed by atoms with Gasteiger partial charge in [0.25, 0.3) is 5.91 Å². The largest absolute Gasteiger partial charge is 0.492 e. The second-order valence-corrected chi connectivity index (χ2v) is 6.10. The Bertz CT molecular complexity index is 984. The van der Waals surface area contributed by atoms with Gasteiger partial charge in [0.05, 0.1) is 24.3 Å². The Morgan fingerprint density at radius 3 is 2.58 bits per heavy atom. The van der Waals surface area contributed by atoms with Gasteiger partial charge in [-0.2, -0.15) is 0 Å². The molecule has 5 nitrogen and oxygen atoms in total. The second-order valence-electron chi connectivity index (χ2n) is 6.10. The molecule has 0 unspecified atom stereocenters. The lowest BCUT2D eigenvalue weighted by Crippen LogP contribution is -2.38. The Kier molecular flexibility index (Phi) is 4.27. The van der Waals surface area contributed by atoms with Gasteiger partial charge in [-0.3, -0.25) is 9.59 Å². The van der Waals surface area contributed by atoms with Gasteiger partial charge in [0, 0.05) is 0 Å². The highest BCUT2D eigenvalue weighted by Crippen LogP contribution is 2.23. The Morgan fingerprint density at radius 2 is 1.69 bits per heavy atom. The predicted octanol–water partition coefficient (Wildman–Crippen LogP) is 3.00. The van der Waals surface area contributed by atoms with E-state index >= 15 is 0 Å². The molecule has 0 aromatic heterocycles. The molecule has 0 aliphatic carbocycles. The Labute approximate surface area is 151 Å². The molecular formula is C21H18N2O3. The maximum absolute atomic E-state index is 12.4. The lowest BCUT2D eigenvalue weighted by Gasteiger charge is -2.22. The van der Waals surface area contributed by atoms with Gasteiger partial charge in [-0.15, -0.1) is 0 Å². The van der Waals surface area contributed by atoms with E-state index in [-0.39, 0.29) is 18.4 Å². The van der Waals surface area contributed by atoms with E-state index < -0.39 is 0 Å². The Morgan fingerprint density at radius 1 is 0.923 bits per heavy atom. The monoisotopic (exact) mass is 346 g/mol. The molecule has 0 spiro atoms. The van der Waals surface area contributed by atoms with Crippen LogP contribution in [0.4, 0.5) is 5.69 Å². The summed E-state index contributed by atoms with van der Waals surface area (Å²) in [4.78, 5) is 26.1. The molecule has 1 N–H and O–H groups in total. The van der Waals surface area contributed by atoms with Crippen LogP contribution in [0.3, 0.4) is 0 Å². The van der Waals surface area contributed by atoms with Crippen molar-refractivity contribution in [3.63, 3.8) is 0 Å². The summed E-state index contributed by atoms with van der Waals surface area (Å²) in [5.74, 6) is 0.380. The highest BCUT2D eigenvalue weighted by molar-refractivity contribution is 6.09. The maximum atomic E-state index is 12.4. The average Bonchev–Trinajstić information content (AvgIpc) is 2.80. The van der Waals surface area contributed by atoms with Crippen LogP contribution in [0.15, 0.2) is 66.7 Å². The zero-order valence-electron chi connectivity index (χ0n) is 14.1. The number of benzene rings is 3. The standard InChI is InChI=1S/C21H18N2O3/c24-20-14-22-21(25)18-7-3-4-8-19(18)23(20)11-12-26-17-10-9-15-5-1-2-6-16(15)13-17/h1-10,13H,11-12,14H2,(H,22,25). The molecule has 4 rings (SSSR count). The maximum Gasteiger partial charge on any atom is 0.253 e. The van der Waals surface area contributed by atoms with Crippen molar-refractivity contribution in [3.05, 3.63) is 72.3 Å². The van der Waals surface area contributed by atoms with Crippen molar-refractivity contribution < 1.29 is 14.3 Å². The molecule has 1 aliphatic heterocycles. The number of nitrogens with zero attached hydrogens (tertiary/aromatic N) is 1. The number of nitrogens with one attached hydrogen (secondary N) is 1. The van der Waals surface area contributed by atoms with Crippen LogP contribution in [0.5, 0.6) is 5.75 Å². The van der Waals surface area contributed by atoms with Crippen LogP contribution < -0.4 is 15.0 Å². The molecule has 26 heavy (non-hydrogen) atoms. The molecule has 0 bridgehead atoms. The van der Waals surface area contributed by atoms with Crippen molar-refractivity contribution in [2.75, 3.05) is 24.6 Å². The lowest BCUT2D eigenvalue weighted by atomic mass is 10.1. The second kappa shape index (κ2) is 6.88. The van der Waals surface area contributed by atoms with Crippen molar-refractivity contribution >= 4 is 28.3 Å². The van der Waals surface area contributed by atoms with Crippen LogP contribution in [0.2, 0.25) is 0 Å². The summed E-state index contributed by atoms with van der Waals surface area (Å²) in [6.07, 6.45) is 0. The Balaban J connectivity index is 1.50. The number of carbonyl (C=O) groups is 2. The van der Waals surface area contributed by atoms with Crippen LogP contribution in [-0.2, 0) is 4.79 Å². The Hall–Kier alpha value is -3.34. The summed E-state index contributed by atoms with van der Waals surface area (Å²) >= 11 is 0. The molecule has 0 radical (unpaired) electrons. The number of fused-ring (bicyclic) bond motifs is 2. The van der Waals surface area contributed by atoms with Crippen LogP contribution in [0.1, 0.15) is 10.4 Å². The first-order valence-electron chi connectivity index (χ1n) is 8.51. The fourth-order valence-corrected chi connectivity index (χ4v) is 3.14. The van der Waals surface area contributed by atoms with E-state index in [1.165, 1.54) is 0 Å². The van der Waals surface area contributed by atoms with Gasteiger partial charge in [-0.05, 0) is 35.0 Å². The minimum absolute atomic E-state index is 0.0104. The van der Waals surface area contributed by atoms with E-state index in [0.717, 1.165) is 16.5 Å². The first-order valence-corrected chi connectivity index (χ1v) is 8.51. The summed E-state index contributed by atoms with van der Waals surface area (Å²) < 4.78 is 5.85. The highest BCUT2D eigenvalue weighted by atomic mass is 16.5. The molecule has 0 atom stereocenters. The predicted molar refractivity (Wildman–Crippen MR) is 101 cm³/mol. The molecule has 3 aromatic carbocycles. The number of anilines is 1. The van der Waals surface area contributed by atoms with Crippen molar-refractivity contribution in [3.8, 4) is 5.75 Å². The molecule has 0 saturated carbocycles. The number of amides is 2. The van der Waals surface area contributed by atoms with E-state index in [0.29, 0.717) is 24.4 Å². The third-order valence-corrected chi connectivity index (χ3v) is 4.45. The van der Waals surface area contributed by atoms with Crippen molar-refractivity contribution in [1.29, 1.82) is 0 Å². The zero-order chi connectivity index (χ0) is 17.9. The van der Waals surface area contributed by atoms with Crippen LogP contribution in [-0.4, -0.2) is 31.5 Å². The van der Waals surface area contributed by atoms with E-state index in [9.17, 15) is 9.59 Å². The molecular weight excluding hydrogens is 328 g/mol. The first-order chi connectivity index (χ1) is 12.7. The smallest absolute Gasteiger partial charge is 0.253 e. The molecule has 5 heteroatoms. The van der Waals surface area contributed by atoms with Crippen molar-refractivity contribution in [1.82, 2.24) is 5.32 Å². The van der Waals surface area contributed by atoms with Crippen molar-refractivity contribution in [2.24, 2.45) is 0 Å². The van der Waals surface area contributed by atoms with Gasteiger partial charge >= 0.3 is 0 Å². The fourth-order valence-electron chi connectivity index (χ4n) is 3.14. The average molecular weight is 346 g/mol. The summed E-state index contributed by atoms with van der Waals surface area (Å²) in [5, 5.41) is 4.90. The van der Waals surface area contributed by atoms with Crippen LogP contribution >= 0.6 is 0 Å². The SMILES string of the molecule is O=C1NCC(=O)N(CCOc2ccc3ccccc3c2)c2ccccc21. The molecule has 3 aromatic rings. The molecule has 1 heterocycles. The molecule has 0 fully saturated rings. The van der Waals surface area contributed by atoms with Crippen LogP contribution in [0, 0.1) is 0 Å². The zero-order valence-corrected chi connectivity index (χ0v) is 14.1. The fraction of sp³-hybridized carbons (Fsp3) is 0.143. The number of ether oxygens (including phenoxy) is 1. The summed E-state index contributed by atoms with van der Waals surface area (Å²) in [6.45, 7) is 0.702. The normalized spacial score (nSPS) is 13.9. The molecule has 1 aliphatic rings. The van der Waals surface area contributed by atoms with Crippen LogP contribution in [0.25, 0.3) is 10.8 Å². The van der Waals surface area contributed by atoms with E-state index in [2.05, 4.69) is 11.4 Å². The minimum Gasteiger partial charge on any atom is -0.492 e. The molecule has 2 amide bonds. The first kappa shape index (κ1) is 16.1. The van der Waals surface area contributed by atoms with Crippen molar-refractivity contribution in [2.45, 2.75) is 0 Å². The summed E-state index contributed by atoms with van der Waals surface area (Å²) in [7, 11) is 0. The highest BCUT2D eigenvalue weighted by Gasteiger charge is 2.25. The number of rotatable bonds is 4. The van der Waals surface area contributed by atoms with E-state index in [4.69, 9.17) is 4.74 Å². The van der Waals surface area contributed by atoms with E-state index in [1.807, 2.05) is 42.5 Å². The van der Waals surface area contributed by atoms with E-state index in [1.54, 1.807) is 23.1 Å². The number of hydrogen-bond donors (Lipinski definition) is 1. The lowest BCUT2D eigenvalue weighted by molar-refractivity contribution is -0.117. The third kappa shape index (κ3) is 3.11. The number of carbonyl (C=O) groups excluding carboxylic acids is 2. The van der Waals surface area contributed by atoms with Gasteiger partial charge in [0.2, 0.25) is 5.91 Å². The van der Waals surface area contributed by atoms with Gasteiger partial charge in [-0.1, -0.05) is 42.5 Å². The molecule has 130 valence electrons. The third-order valence-electron chi connectivity index (χ3n) is 4.45. The van der Waals surface area contributed by atoms with Gasteiger partial charge in [0.1, 0.15) is 12.4 Å². The topological polar surface area (TPSA) is 58.6 Å². The number of hydrogen-bond acceptors (Lipinski definition) is 3. The quantitative estimate of drug-likeness (QED) is 0.790.